The molecule has 1 saturated heterocycles. The van der Waals surface area contributed by atoms with Crippen LogP contribution in [0.4, 0.5) is 13.2 Å². The molecular formula is C33H32ClF3N4O3. The second kappa shape index (κ2) is 12.7. The fourth-order valence-electron chi connectivity index (χ4n) is 5.31. The molecule has 0 N–H and O–H groups in total. The van der Waals surface area contributed by atoms with Gasteiger partial charge in [0, 0.05) is 6.42 Å². The largest absolute Gasteiger partial charge is 0.330 e. The number of benzene rings is 1. The molecule has 1 fully saturated rings. The Balaban J connectivity index is 2.02. The lowest BCUT2D eigenvalue weighted by molar-refractivity contribution is -0.143. The fraction of sp³-hybridized carbons (Fsp3) is 0.333. The van der Waals surface area contributed by atoms with Crippen molar-refractivity contribution in [2.75, 3.05) is 13.1 Å². The molecule has 0 spiro atoms. The summed E-state index contributed by atoms with van der Waals surface area (Å²) in [6, 6.07) is 6.91. The normalized spacial score (nSPS) is 14.8. The number of carbonyl (C=O) groups is 1. The minimum absolute atomic E-state index is 0.0198. The van der Waals surface area contributed by atoms with Crippen LogP contribution in [0.15, 0.2) is 70.3 Å². The number of fused-ring (bicyclic) bond motifs is 1. The Kier molecular flexibility index (Phi) is 9.40. The number of terminal acetylenes is 1. The summed E-state index contributed by atoms with van der Waals surface area (Å²) >= 11 is 6.55. The minimum Gasteiger partial charge on any atom is -0.330 e. The number of para-hydroxylation sites is 1. The molecule has 230 valence electrons. The van der Waals surface area contributed by atoms with Crippen LogP contribution in [0.25, 0.3) is 16.9 Å². The van der Waals surface area contributed by atoms with E-state index in [-0.39, 0.29) is 40.1 Å². The predicted molar refractivity (Wildman–Crippen MR) is 166 cm³/mol. The number of hydrogen-bond acceptors (Lipinski definition) is 4. The van der Waals surface area contributed by atoms with Crippen LogP contribution in [0.3, 0.4) is 0 Å². The van der Waals surface area contributed by atoms with Crippen molar-refractivity contribution in [1.29, 1.82) is 0 Å². The van der Waals surface area contributed by atoms with Crippen LogP contribution in [-0.4, -0.2) is 43.7 Å². The fourth-order valence-corrected chi connectivity index (χ4v) is 5.52. The lowest BCUT2D eigenvalue weighted by Gasteiger charge is -2.44. The number of aromatic nitrogens is 3. The lowest BCUT2D eigenvalue weighted by atomic mass is 9.92. The highest BCUT2D eigenvalue weighted by atomic mass is 35.5. The quantitative estimate of drug-likeness (QED) is 0.125. The van der Waals surface area contributed by atoms with E-state index in [4.69, 9.17) is 18.0 Å². The van der Waals surface area contributed by atoms with Crippen LogP contribution >= 0.6 is 11.6 Å². The summed E-state index contributed by atoms with van der Waals surface area (Å²) in [6.45, 7) is 9.06. The Hall–Kier alpha value is -4.36. The maximum Gasteiger partial charge on any atom is 0.322 e. The first kappa shape index (κ1) is 32.6. The van der Waals surface area contributed by atoms with Crippen LogP contribution in [0, 0.1) is 12.3 Å². The van der Waals surface area contributed by atoms with E-state index in [0.717, 1.165) is 26.7 Å². The van der Waals surface area contributed by atoms with E-state index in [1.165, 1.54) is 22.8 Å². The van der Waals surface area contributed by atoms with E-state index < -0.39 is 54.0 Å². The van der Waals surface area contributed by atoms with Crippen molar-refractivity contribution in [3.8, 4) is 18.0 Å². The predicted octanol–water partition coefficient (Wildman–Crippen LogP) is 6.07. The summed E-state index contributed by atoms with van der Waals surface area (Å²) < 4.78 is 46.1. The average molecular weight is 625 g/mol. The van der Waals surface area contributed by atoms with Gasteiger partial charge in [0.25, 0.3) is 5.91 Å². The monoisotopic (exact) mass is 624 g/mol. The number of alkyl halides is 1. The van der Waals surface area contributed by atoms with Crippen molar-refractivity contribution >= 4 is 28.7 Å². The molecule has 0 atom stereocenters. The number of halogens is 4. The third kappa shape index (κ3) is 6.29. The lowest BCUT2D eigenvalue weighted by Crippen LogP contribution is -2.63. The standard InChI is InChI=1S/C33H32ClF3N4O3/c1-7-8-9-11-22(36)14-26-25(34)15-27-29(38-26)41(28-23(19(2)3)12-10-13-24(28)20(4)5)32(44)31(43)40(27)18-33(37)16-39(17-33)30(42)21(6)35/h1,8-13,15,19-20H,6,14,16-18H2,2-5H3/b9-8-,22-11+. The Morgan fingerprint density at radius 2 is 1.77 bits per heavy atom. The van der Waals surface area contributed by atoms with Crippen molar-refractivity contribution < 1.29 is 18.0 Å². The molecule has 0 saturated carbocycles. The second-order valence-corrected chi connectivity index (χ2v) is 11.8. The van der Waals surface area contributed by atoms with E-state index in [9.17, 15) is 23.2 Å². The van der Waals surface area contributed by atoms with Gasteiger partial charge in [0.05, 0.1) is 41.6 Å². The van der Waals surface area contributed by atoms with Crippen LogP contribution in [0.5, 0.6) is 0 Å². The number of rotatable bonds is 9. The molecule has 1 aliphatic rings. The molecule has 0 radical (unpaired) electrons. The average Bonchev–Trinajstić information content (AvgIpc) is 2.94. The smallest absolute Gasteiger partial charge is 0.322 e. The molecule has 0 aliphatic carbocycles. The van der Waals surface area contributed by atoms with Crippen molar-refractivity contribution in [2.24, 2.45) is 0 Å². The van der Waals surface area contributed by atoms with Crippen LogP contribution in [-0.2, 0) is 17.8 Å². The molecule has 1 aromatic carbocycles. The van der Waals surface area contributed by atoms with Gasteiger partial charge in [-0.25, -0.2) is 18.2 Å². The van der Waals surface area contributed by atoms with E-state index in [0.29, 0.717) is 5.69 Å². The third-order valence-corrected chi connectivity index (χ3v) is 7.75. The highest BCUT2D eigenvalue weighted by molar-refractivity contribution is 6.31. The zero-order valence-electron chi connectivity index (χ0n) is 24.8. The molecule has 0 unspecified atom stereocenters. The molecule has 4 rings (SSSR count). The summed E-state index contributed by atoms with van der Waals surface area (Å²) in [5, 5.41) is -0.0198. The Morgan fingerprint density at radius 1 is 1.16 bits per heavy atom. The second-order valence-electron chi connectivity index (χ2n) is 11.4. The maximum absolute atomic E-state index is 15.8. The van der Waals surface area contributed by atoms with Gasteiger partial charge in [0.1, 0.15) is 5.83 Å². The summed E-state index contributed by atoms with van der Waals surface area (Å²) in [5.74, 6) is -0.787. The van der Waals surface area contributed by atoms with Gasteiger partial charge < -0.3 is 4.90 Å². The number of allylic oxidation sites excluding steroid dienone is 4. The molecule has 1 amide bonds. The molecule has 3 aromatic rings. The number of likely N-dealkylation sites (tertiary alicyclic amines) is 1. The molecular weight excluding hydrogens is 593 g/mol. The van der Waals surface area contributed by atoms with Gasteiger partial charge in [-0.2, -0.15) is 0 Å². The SMILES string of the molecule is C#C/C=C\C=C(\F)Cc1nc2c(cc1Cl)n(CC1(F)CN(C(=O)C(=C)F)C1)c(=O)c(=O)n2-c1c(C(C)C)cccc1C(C)C. The van der Waals surface area contributed by atoms with E-state index >= 15 is 4.39 Å². The molecule has 44 heavy (non-hydrogen) atoms. The van der Waals surface area contributed by atoms with Crippen LogP contribution in [0.2, 0.25) is 5.02 Å². The third-order valence-electron chi connectivity index (χ3n) is 7.42. The van der Waals surface area contributed by atoms with Crippen LogP contribution < -0.4 is 11.1 Å². The first-order chi connectivity index (χ1) is 20.7. The number of hydrogen-bond donors (Lipinski definition) is 0. The molecule has 1 aliphatic heterocycles. The zero-order valence-corrected chi connectivity index (χ0v) is 25.6. The molecule has 0 bridgehead atoms. The summed E-state index contributed by atoms with van der Waals surface area (Å²) in [7, 11) is 0. The molecule has 2 aromatic heterocycles. The van der Waals surface area contributed by atoms with E-state index in [1.54, 1.807) is 0 Å². The summed E-state index contributed by atoms with van der Waals surface area (Å²) in [6.07, 6.45) is 8.64. The Morgan fingerprint density at radius 3 is 2.32 bits per heavy atom. The van der Waals surface area contributed by atoms with E-state index in [1.807, 2.05) is 45.9 Å². The van der Waals surface area contributed by atoms with Crippen molar-refractivity contribution in [3.05, 3.63) is 103 Å². The topological polar surface area (TPSA) is 77.2 Å². The molecule has 3 heterocycles. The molecule has 7 nitrogen and oxygen atoms in total. The number of amides is 1. The first-order valence-electron chi connectivity index (χ1n) is 14.0. The Bertz CT molecular complexity index is 1850. The number of pyridine rings is 1. The minimum atomic E-state index is -2.15. The van der Waals surface area contributed by atoms with Gasteiger partial charge in [-0.15, -0.1) is 6.42 Å². The van der Waals surface area contributed by atoms with Gasteiger partial charge in [0.2, 0.25) is 0 Å². The van der Waals surface area contributed by atoms with Crippen molar-refractivity contribution in [2.45, 2.75) is 58.2 Å². The van der Waals surface area contributed by atoms with Gasteiger partial charge in [-0.05, 0) is 41.2 Å². The number of carbonyl (C=O) groups excluding carboxylic acids is 1. The van der Waals surface area contributed by atoms with Crippen molar-refractivity contribution in [3.63, 3.8) is 0 Å². The highest BCUT2D eigenvalue weighted by Crippen LogP contribution is 2.34. The van der Waals surface area contributed by atoms with Crippen LogP contribution in [0.1, 0.15) is 56.4 Å². The van der Waals surface area contributed by atoms with Gasteiger partial charge in [0.15, 0.2) is 17.1 Å². The highest BCUT2D eigenvalue weighted by Gasteiger charge is 2.47. The molecule has 11 heteroatoms. The van der Waals surface area contributed by atoms with Gasteiger partial charge in [-0.3, -0.25) is 23.5 Å². The summed E-state index contributed by atoms with van der Waals surface area (Å²) in [5.41, 5.74) is -2.11. The summed E-state index contributed by atoms with van der Waals surface area (Å²) in [4.78, 5) is 45.2. The van der Waals surface area contributed by atoms with Crippen molar-refractivity contribution in [1.82, 2.24) is 19.0 Å². The number of nitrogens with zero attached hydrogens (tertiary/aromatic N) is 4. The zero-order chi connectivity index (χ0) is 32.5. The van der Waals surface area contributed by atoms with E-state index in [2.05, 4.69) is 17.5 Å². The van der Waals surface area contributed by atoms with Gasteiger partial charge in [-0.1, -0.05) is 76.1 Å². The van der Waals surface area contributed by atoms with Gasteiger partial charge >= 0.3 is 11.1 Å². The first-order valence-corrected chi connectivity index (χ1v) is 14.3. The maximum atomic E-state index is 15.8. The Labute approximate surface area is 258 Å².